The number of nitrogens with zero attached hydrogens (tertiary/aromatic N) is 1. The smallest absolute Gasteiger partial charge is 0.128 e. The van der Waals surface area contributed by atoms with Gasteiger partial charge in [-0.15, -0.1) is 0 Å². The summed E-state index contributed by atoms with van der Waals surface area (Å²) < 4.78 is 5.37. The maximum atomic E-state index is 5.37. The minimum atomic E-state index is 0.652. The summed E-state index contributed by atoms with van der Waals surface area (Å²) in [6.07, 6.45) is 1.83. The van der Waals surface area contributed by atoms with Crippen LogP contribution < -0.4 is 10.1 Å². The third-order valence-corrected chi connectivity index (χ3v) is 3.26. The fourth-order valence-corrected chi connectivity index (χ4v) is 2.20. The van der Waals surface area contributed by atoms with Gasteiger partial charge in [-0.3, -0.25) is 0 Å². The van der Waals surface area contributed by atoms with Crippen LogP contribution in [0.1, 0.15) is 5.82 Å². The summed E-state index contributed by atoms with van der Waals surface area (Å²) in [6, 6.07) is 18.0. The zero-order valence-corrected chi connectivity index (χ0v) is 11.8. The second-order valence-corrected chi connectivity index (χ2v) is 4.66. The molecule has 1 aromatic heterocycles. The minimum Gasteiger partial charge on any atom is -0.496 e. The molecular formula is C17H17N3O. The molecule has 3 aromatic rings. The molecule has 4 nitrogen and oxygen atoms in total. The number of hydrogen-bond acceptors (Lipinski definition) is 3. The Morgan fingerprint density at radius 3 is 2.62 bits per heavy atom. The van der Waals surface area contributed by atoms with Crippen molar-refractivity contribution in [2.75, 3.05) is 12.4 Å². The second-order valence-electron chi connectivity index (χ2n) is 4.66. The molecule has 2 N–H and O–H groups in total. The van der Waals surface area contributed by atoms with Gasteiger partial charge in [0.1, 0.15) is 11.6 Å². The van der Waals surface area contributed by atoms with Crippen LogP contribution in [-0.2, 0) is 6.54 Å². The Hall–Kier alpha value is -2.75. The number of para-hydroxylation sites is 2. The van der Waals surface area contributed by atoms with E-state index < -0.39 is 0 Å². The third-order valence-electron chi connectivity index (χ3n) is 3.26. The minimum absolute atomic E-state index is 0.652. The quantitative estimate of drug-likeness (QED) is 0.748. The van der Waals surface area contributed by atoms with Crippen LogP contribution in [0.4, 0.5) is 5.69 Å². The van der Waals surface area contributed by atoms with Crippen LogP contribution in [-0.4, -0.2) is 17.1 Å². The van der Waals surface area contributed by atoms with E-state index in [2.05, 4.69) is 15.3 Å². The number of hydrogen-bond donors (Lipinski definition) is 2. The molecule has 0 atom stereocenters. The number of anilines is 1. The van der Waals surface area contributed by atoms with Crippen LogP contribution in [0.3, 0.4) is 0 Å². The van der Waals surface area contributed by atoms with E-state index in [-0.39, 0.29) is 0 Å². The van der Waals surface area contributed by atoms with Gasteiger partial charge < -0.3 is 15.0 Å². The highest BCUT2D eigenvalue weighted by Crippen LogP contribution is 2.27. The van der Waals surface area contributed by atoms with E-state index in [4.69, 9.17) is 4.74 Å². The van der Waals surface area contributed by atoms with Crippen molar-refractivity contribution in [1.82, 2.24) is 9.97 Å². The predicted octanol–water partition coefficient (Wildman–Crippen LogP) is 3.70. The Bertz CT molecular complexity index is 707. The van der Waals surface area contributed by atoms with Crippen LogP contribution in [0.2, 0.25) is 0 Å². The number of rotatable bonds is 5. The molecule has 0 aliphatic rings. The molecule has 0 saturated heterocycles. The zero-order valence-electron chi connectivity index (χ0n) is 11.8. The van der Waals surface area contributed by atoms with Gasteiger partial charge >= 0.3 is 0 Å². The molecule has 106 valence electrons. The Labute approximate surface area is 123 Å². The van der Waals surface area contributed by atoms with Gasteiger partial charge in [-0.1, -0.05) is 30.3 Å². The van der Waals surface area contributed by atoms with Gasteiger partial charge in [0, 0.05) is 11.3 Å². The van der Waals surface area contributed by atoms with Crippen LogP contribution in [0.15, 0.2) is 60.8 Å². The summed E-state index contributed by atoms with van der Waals surface area (Å²) in [6.45, 7) is 0.652. The van der Waals surface area contributed by atoms with Gasteiger partial charge in [0.2, 0.25) is 0 Å². The predicted molar refractivity (Wildman–Crippen MR) is 84.3 cm³/mol. The molecule has 0 fully saturated rings. The third kappa shape index (κ3) is 3.05. The molecule has 0 spiro atoms. The highest BCUT2D eigenvalue weighted by molar-refractivity contribution is 5.66. The molecule has 0 unspecified atom stereocenters. The molecule has 0 aliphatic heterocycles. The van der Waals surface area contributed by atoms with Crippen molar-refractivity contribution >= 4 is 5.69 Å². The zero-order chi connectivity index (χ0) is 14.5. The fraction of sp³-hybridized carbons (Fsp3) is 0.118. The first-order valence-electron chi connectivity index (χ1n) is 6.83. The molecule has 3 rings (SSSR count). The van der Waals surface area contributed by atoms with Gasteiger partial charge in [-0.05, 0) is 24.3 Å². The number of aromatic nitrogens is 2. The van der Waals surface area contributed by atoms with Crippen molar-refractivity contribution in [2.45, 2.75) is 6.54 Å². The number of H-pyrrole nitrogens is 1. The lowest BCUT2D eigenvalue weighted by molar-refractivity contribution is 0.416. The average molecular weight is 279 g/mol. The average Bonchev–Trinajstić information content (AvgIpc) is 3.02. The standard InChI is InChI=1S/C17H17N3O/c1-21-16-10-6-5-9-14(16)15-11-19-17(20-15)12-18-13-7-3-2-4-8-13/h2-11,18H,12H2,1H3,(H,19,20). The van der Waals surface area contributed by atoms with Gasteiger partial charge in [0.05, 0.1) is 25.5 Å². The number of ether oxygens (including phenoxy) is 1. The number of aromatic amines is 1. The lowest BCUT2D eigenvalue weighted by atomic mass is 10.1. The van der Waals surface area contributed by atoms with Crippen molar-refractivity contribution < 1.29 is 4.74 Å². The Morgan fingerprint density at radius 2 is 1.81 bits per heavy atom. The fourth-order valence-electron chi connectivity index (χ4n) is 2.20. The summed E-state index contributed by atoms with van der Waals surface area (Å²) in [5.74, 6) is 1.73. The lowest BCUT2D eigenvalue weighted by Crippen LogP contribution is -2.00. The highest BCUT2D eigenvalue weighted by atomic mass is 16.5. The number of methoxy groups -OCH3 is 1. The monoisotopic (exact) mass is 279 g/mol. The van der Waals surface area contributed by atoms with Crippen molar-refractivity contribution in [1.29, 1.82) is 0 Å². The molecule has 0 aliphatic carbocycles. The van der Waals surface area contributed by atoms with E-state index in [1.807, 2.05) is 60.8 Å². The van der Waals surface area contributed by atoms with Crippen molar-refractivity contribution in [3.8, 4) is 17.0 Å². The summed E-state index contributed by atoms with van der Waals surface area (Å²) in [4.78, 5) is 7.73. The van der Waals surface area contributed by atoms with E-state index in [0.717, 1.165) is 28.5 Å². The number of nitrogens with one attached hydrogen (secondary N) is 2. The van der Waals surface area contributed by atoms with Gasteiger partial charge in [0.15, 0.2) is 0 Å². The maximum absolute atomic E-state index is 5.37. The lowest BCUT2D eigenvalue weighted by Gasteiger charge is -2.06. The maximum Gasteiger partial charge on any atom is 0.128 e. The van der Waals surface area contributed by atoms with Crippen molar-refractivity contribution in [2.24, 2.45) is 0 Å². The summed E-state index contributed by atoms with van der Waals surface area (Å²) in [5, 5.41) is 3.33. The van der Waals surface area contributed by atoms with Crippen LogP contribution in [0.5, 0.6) is 5.75 Å². The van der Waals surface area contributed by atoms with E-state index in [0.29, 0.717) is 6.54 Å². The summed E-state index contributed by atoms with van der Waals surface area (Å²) >= 11 is 0. The second kappa shape index (κ2) is 6.13. The molecule has 2 aromatic carbocycles. The van der Waals surface area contributed by atoms with Crippen molar-refractivity contribution in [3.63, 3.8) is 0 Å². The van der Waals surface area contributed by atoms with E-state index in [1.165, 1.54) is 0 Å². The summed E-state index contributed by atoms with van der Waals surface area (Å²) in [7, 11) is 1.67. The SMILES string of the molecule is COc1ccccc1-c1cnc(CNc2ccccc2)[nH]1. The normalized spacial score (nSPS) is 10.3. The molecule has 0 radical (unpaired) electrons. The molecule has 0 amide bonds. The van der Waals surface area contributed by atoms with E-state index in [1.54, 1.807) is 7.11 Å². The Balaban J connectivity index is 1.74. The van der Waals surface area contributed by atoms with Crippen LogP contribution >= 0.6 is 0 Å². The first-order valence-corrected chi connectivity index (χ1v) is 6.83. The van der Waals surface area contributed by atoms with Crippen LogP contribution in [0.25, 0.3) is 11.3 Å². The molecule has 4 heteroatoms. The van der Waals surface area contributed by atoms with Crippen molar-refractivity contribution in [3.05, 3.63) is 66.6 Å². The molecule has 0 saturated carbocycles. The molecule has 1 heterocycles. The molecule has 21 heavy (non-hydrogen) atoms. The van der Waals surface area contributed by atoms with E-state index in [9.17, 15) is 0 Å². The first kappa shape index (κ1) is 13.2. The van der Waals surface area contributed by atoms with Gasteiger partial charge in [-0.2, -0.15) is 0 Å². The highest BCUT2D eigenvalue weighted by Gasteiger charge is 2.08. The largest absolute Gasteiger partial charge is 0.496 e. The van der Waals surface area contributed by atoms with Crippen LogP contribution in [0, 0.1) is 0 Å². The van der Waals surface area contributed by atoms with E-state index >= 15 is 0 Å². The topological polar surface area (TPSA) is 49.9 Å². The van der Waals surface area contributed by atoms with Gasteiger partial charge in [0.25, 0.3) is 0 Å². The Kier molecular flexibility index (Phi) is 3.87. The molecule has 0 bridgehead atoms. The first-order chi connectivity index (χ1) is 10.4. The Morgan fingerprint density at radius 1 is 1.05 bits per heavy atom. The summed E-state index contributed by atoms with van der Waals surface area (Å²) in [5.41, 5.74) is 3.04. The number of imidazole rings is 1. The van der Waals surface area contributed by atoms with Gasteiger partial charge in [-0.25, -0.2) is 4.98 Å². The molecular weight excluding hydrogens is 262 g/mol. The number of benzene rings is 2.